The van der Waals surface area contributed by atoms with Crippen LogP contribution in [0.4, 0.5) is 0 Å². The zero-order chi connectivity index (χ0) is 10.7. The normalized spacial score (nSPS) is 11.6. The topological polar surface area (TPSA) is 26.0 Å². The highest BCUT2D eigenvalue weighted by Crippen LogP contribution is 2.20. The van der Waals surface area contributed by atoms with Gasteiger partial charge in [0.05, 0.1) is 6.04 Å². The van der Waals surface area contributed by atoms with E-state index in [1.54, 1.807) is 0 Å². The first-order valence-corrected chi connectivity index (χ1v) is 5.62. The minimum Gasteiger partial charge on any atom is -0.320 e. The maximum atomic E-state index is 6.15. The fourth-order valence-electron chi connectivity index (χ4n) is 1.52. The number of halogens is 2. The lowest BCUT2D eigenvalue weighted by atomic mass is 10.00. The van der Waals surface area contributed by atoms with E-state index in [9.17, 15) is 0 Å². The van der Waals surface area contributed by atoms with E-state index >= 15 is 0 Å². The molecule has 0 aliphatic heterocycles. The van der Waals surface area contributed by atoms with E-state index in [4.69, 9.17) is 5.73 Å². The summed E-state index contributed by atoms with van der Waals surface area (Å²) < 4.78 is 1.08. The first-order chi connectivity index (χ1) is 7.27. The Hall–Kier alpha value is -0.830. The van der Waals surface area contributed by atoms with Gasteiger partial charge in [0, 0.05) is 4.47 Å². The average molecular weight is 299 g/mol. The van der Waals surface area contributed by atoms with Gasteiger partial charge in [0.1, 0.15) is 0 Å². The van der Waals surface area contributed by atoms with Crippen LogP contribution in [0.2, 0.25) is 0 Å². The summed E-state index contributed by atoms with van der Waals surface area (Å²) in [5, 5.41) is 0. The highest BCUT2D eigenvalue weighted by atomic mass is 79.9. The van der Waals surface area contributed by atoms with Gasteiger partial charge in [0.15, 0.2) is 0 Å². The Kier molecular flexibility index (Phi) is 5.00. The fourth-order valence-corrected chi connectivity index (χ4v) is 1.79. The molecule has 0 bridgehead atoms. The van der Waals surface area contributed by atoms with E-state index in [0.29, 0.717) is 0 Å². The lowest BCUT2D eigenvalue weighted by molar-refractivity contribution is 0.871. The van der Waals surface area contributed by atoms with Gasteiger partial charge in [-0.2, -0.15) is 0 Å². The molecular formula is C13H13BrClN. The molecule has 0 aliphatic rings. The second-order valence-electron chi connectivity index (χ2n) is 3.44. The summed E-state index contributed by atoms with van der Waals surface area (Å²) in [7, 11) is 0. The maximum Gasteiger partial charge on any atom is 0.0551 e. The van der Waals surface area contributed by atoms with Gasteiger partial charge in [-0.3, -0.25) is 0 Å². The van der Waals surface area contributed by atoms with Gasteiger partial charge < -0.3 is 5.73 Å². The van der Waals surface area contributed by atoms with Crippen molar-refractivity contribution in [2.45, 2.75) is 6.04 Å². The van der Waals surface area contributed by atoms with E-state index in [0.717, 1.165) is 15.6 Å². The molecule has 1 nitrogen and oxygen atoms in total. The standard InChI is InChI=1S/C13H12BrN.ClH/c14-12-8-6-11(7-9-12)13(15)10-4-2-1-3-5-10;/h1-9,13H,15H2;1H. The smallest absolute Gasteiger partial charge is 0.0551 e. The zero-order valence-corrected chi connectivity index (χ0v) is 11.0. The van der Waals surface area contributed by atoms with Crippen molar-refractivity contribution in [1.29, 1.82) is 0 Å². The molecule has 0 radical (unpaired) electrons. The van der Waals surface area contributed by atoms with E-state index in [1.807, 2.05) is 54.6 Å². The minimum absolute atomic E-state index is 0. The third-order valence-electron chi connectivity index (χ3n) is 2.39. The summed E-state index contributed by atoms with van der Waals surface area (Å²) in [4.78, 5) is 0. The summed E-state index contributed by atoms with van der Waals surface area (Å²) >= 11 is 3.41. The second kappa shape index (κ2) is 6.04. The number of hydrogen-bond donors (Lipinski definition) is 1. The summed E-state index contributed by atoms with van der Waals surface area (Å²) in [6.07, 6.45) is 0. The molecule has 0 saturated carbocycles. The van der Waals surface area contributed by atoms with Crippen LogP contribution in [0.3, 0.4) is 0 Å². The molecule has 84 valence electrons. The predicted octanol–water partition coefficient (Wildman–Crippen LogP) is 3.92. The van der Waals surface area contributed by atoms with Crippen molar-refractivity contribution in [1.82, 2.24) is 0 Å². The van der Waals surface area contributed by atoms with Gasteiger partial charge in [-0.25, -0.2) is 0 Å². The highest BCUT2D eigenvalue weighted by molar-refractivity contribution is 9.10. The van der Waals surface area contributed by atoms with Crippen molar-refractivity contribution in [3.8, 4) is 0 Å². The molecule has 16 heavy (non-hydrogen) atoms. The highest BCUT2D eigenvalue weighted by Gasteiger charge is 2.07. The molecule has 0 aliphatic carbocycles. The van der Waals surface area contributed by atoms with Crippen LogP contribution in [-0.4, -0.2) is 0 Å². The summed E-state index contributed by atoms with van der Waals surface area (Å²) in [5.41, 5.74) is 8.42. The largest absolute Gasteiger partial charge is 0.320 e. The number of rotatable bonds is 2. The first kappa shape index (κ1) is 13.2. The Bertz CT molecular complexity index is 427. The van der Waals surface area contributed by atoms with Crippen molar-refractivity contribution in [3.63, 3.8) is 0 Å². The summed E-state index contributed by atoms with van der Waals surface area (Å²) in [6, 6.07) is 18.2. The van der Waals surface area contributed by atoms with E-state index in [2.05, 4.69) is 15.9 Å². The van der Waals surface area contributed by atoms with Gasteiger partial charge in [0.25, 0.3) is 0 Å². The van der Waals surface area contributed by atoms with Crippen LogP contribution in [0.5, 0.6) is 0 Å². The Morgan fingerprint density at radius 3 is 1.88 bits per heavy atom. The van der Waals surface area contributed by atoms with E-state index in [1.165, 1.54) is 0 Å². The van der Waals surface area contributed by atoms with Crippen molar-refractivity contribution in [2.75, 3.05) is 0 Å². The minimum atomic E-state index is -0.0423. The Morgan fingerprint density at radius 2 is 1.31 bits per heavy atom. The van der Waals surface area contributed by atoms with Crippen LogP contribution < -0.4 is 5.73 Å². The van der Waals surface area contributed by atoms with Crippen molar-refractivity contribution >= 4 is 28.3 Å². The molecule has 0 heterocycles. The van der Waals surface area contributed by atoms with Crippen molar-refractivity contribution in [2.24, 2.45) is 5.73 Å². The van der Waals surface area contributed by atoms with Crippen molar-refractivity contribution < 1.29 is 0 Å². The molecule has 2 aromatic rings. The van der Waals surface area contributed by atoms with Gasteiger partial charge >= 0.3 is 0 Å². The number of benzene rings is 2. The molecule has 0 spiro atoms. The van der Waals surface area contributed by atoms with Crippen LogP contribution in [0.1, 0.15) is 17.2 Å². The Labute approximate surface area is 110 Å². The molecule has 1 unspecified atom stereocenters. The predicted molar refractivity (Wildman–Crippen MR) is 73.9 cm³/mol. The third-order valence-corrected chi connectivity index (χ3v) is 2.92. The Morgan fingerprint density at radius 1 is 0.812 bits per heavy atom. The van der Waals surface area contributed by atoms with Crippen LogP contribution in [-0.2, 0) is 0 Å². The molecule has 0 aromatic heterocycles. The molecule has 0 amide bonds. The fraction of sp³-hybridized carbons (Fsp3) is 0.0769. The van der Waals surface area contributed by atoms with Gasteiger partial charge in [-0.15, -0.1) is 12.4 Å². The van der Waals surface area contributed by atoms with E-state index in [-0.39, 0.29) is 18.4 Å². The second-order valence-corrected chi connectivity index (χ2v) is 4.36. The van der Waals surface area contributed by atoms with Crippen LogP contribution in [0.15, 0.2) is 59.1 Å². The van der Waals surface area contributed by atoms with Crippen LogP contribution in [0.25, 0.3) is 0 Å². The lowest BCUT2D eigenvalue weighted by Gasteiger charge is -2.12. The SMILES string of the molecule is Cl.NC(c1ccccc1)c1ccc(Br)cc1. The Balaban J connectivity index is 0.00000128. The van der Waals surface area contributed by atoms with E-state index < -0.39 is 0 Å². The van der Waals surface area contributed by atoms with Gasteiger partial charge in [-0.1, -0.05) is 58.4 Å². The average Bonchev–Trinajstić information content (AvgIpc) is 2.30. The molecule has 2 rings (SSSR count). The number of hydrogen-bond acceptors (Lipinski definition) is 1. The summed E-state index contributed by atoms with van der Waals surface area (Å²) in [6.45, 7) is 0. The molecule has 0 saturated heterocycles. The van der Waals surface area contributed by atoms with Gasteiger partial charge in [-0.05, 0) is 23.3 Å². The quantitative estimate of drug-likeness (QED) is 0.893. The molecule has 3 heteroatoms. The first-order valence-electron chi connectivity index (χ1n) is 4.83. The molecule has 2 aromatic carbocycles. The van der Waals surface area contributed by atoms with Crippen LogP contribution >= 0.6 is 28.3 Å². The van der Waals surface area contributed by atoms with Crippen molar-refractivity contribution in [3.05, 3.63) is 70.2 Å². The summed E-state index contributed by atoms with van der Waals surface area (Å²) in [5.74, 6) is 0. The number of nitrogens with two attached hydrogens (primary N) is 1. The zero-order valence-electron chi connectivity index (χ0n) is 8.64. The van der Waals surface area contributed by atoms with Gasteiger partial charge in [0.2, 0.25) is 0 Å². The monoisotopic (exact) mass is 297 g/mol. The third kappa shape index (κ3) is 3.08. The maximum absolute atomic E-state index is 6.15. The molecule has 0 fully saturated rings. The molecular weight excluding hydrogens is 286 g/mol. The molecule has 2 N–H and O–H groups in total. The molecule has 1 atom stereocenters. The van der Waals surface area contributed by atoms with Crippen LogP contribution in [0, 0.1) is 0 Å². The lowest BCUT2D eigenvalue weighted by Crippen LogP contribution is -2.11.